The van der Waals surface area contributed by atoms with Crippen LogP contribution in [-0.4, -0.2) is 54.7 Å². The van der Waals surface area contributed by atoms with Gasteiger partial charge >= 0.3 is 0 Å². The van der Waals surface area contributed by atoms with Gasteiger partial charge in [0.2, 0.25) is 15.9 Å². The number of sulfonamides is 1. The Kier molecular flexibility index (Phi) is 8.61. The molecule has 224 valence electrons. The molecule has 0 spiro atoms. The summed E-state index contributed by atoms with van der Waals surface area (Å²) in [6.45, 7) is 4.56. The molecule has 0 unspecified atom stereocenters. The molecule has 1 saturated carbocycles. The van der Waals surface area contributed by atoms with Crippen molar-refractivity contribution in [1.82, 2.24) is 14.2 Å². The molecule has 8 heteroatoms. The molecule has 1 atom stereocenters. The van der Waals surface area contributed by atoms with E-state index >= 15 is 0 Å². The number of nitrogens with two attached hydrogens (primary N) is 1. The number of nitrogens with zero attached hydrogens (tertiary/aromatic N) is 3. The largest absolute Gasteiger partial charge is 0.366 e. The van der Waals surface area contributed by atoms with Gasteiger partial charge in [0.25, 0.3) is 0 Å². The highest BCUT2D eigenvalue weighted by Crippen LogP contribution is 2.41. The second-order valence-electron chi connectivity index (χ2n) is 12.0. The van der Waals surface area contributed by atoms with Crippen molar-refractivity contribution in [3.05, 3.63) is 95.6 Å². The number of rotatable bonds is 8. The highest BCUT2D eigenvalue weighted by molar-refractivity contribution is 7.89. The molecular formula is C35H40N4O3S. The molecule has 1 aliphatic heterocycles. The first kappa shape index (κ1) is 29.5. The van der Waals surface area contributed by atoms with E-state index in [1.54, 1.807) is 28.6 Å². The van der Waals surface area contributed by atoms with Crippen molar-refractivity contribution < 1.29 is 13.2 Å². The molecule has 4 aromatic rings. The first-order valence-electron chi connectivity index (χ1n) is 15.4. The van der Waals surface area contributed by atoms with Crippen LogP contribution < -0.4 is 5.73 Å². The summed E-state index contributed by atoms with van der Waals surface area (Å²) in [7, 11) is -3.57. The minimum atomic E-state index is -3.57. The van der Waals surface area contributed by atoms with Gasteiger partial charge in [0.15, 0.2) is 0 Å². The molecule has 1 amide bonds. The van der Waals surface area contributed by atoms with Gasteiger partial charge in [-0.3, -0.25) is 9.69 Å². The van der Waals surface area contributed by atoms with Gasteiger partial charge in [-0.1, -0.05) is 86.8 Å². The van der Waals surface area contributed by atoms with Gasteiger partial charge < -0.3 is 5.73 Å². The molecule has 43 heavy (non-hydrogen) atoms. The number of fused-ring (bicyclic) bond motifs is 1. The van der Waals surface area contributed by atoms with Gasteiger partial charge in [0.1, 0.15) is 0 Å². The summed E-state index contributed by atoms with van der Waals surface area (Å²) in [4.78, 5) is 21.2. The summed E-state index contributed by atoms with van der Waals surface area (Å²) >= 11 is 0. The van der Waals surface area contributed by atoms with E-state index in [4.69, 9.17) is 10.7 Å². The molecule has 7 nitrogen and oxygen atoms in total. The molecule has 1 aromatic heterocycles. The number of piperazine rings is 1. The fourth-order valence-electron chi connectivity index (χ4n) is 7.00. The zero-order valence-electron chi connectivity index (χ0n) is 24.8. The van der Waals surface area contributed by atoms with Crippen LogP contribution in [0, 0.1) is 5.92 Å². The lowest BCUT2D eigenvalue weighted by atomic mass is 9.76. The number of carbonyl (C=O) groups excluding carboxylic acids is 1. The molecule has 2 heterocycles. The summed E-state index contributed by atoms with van der Waals surface area (Å²) in [5, 5.41) is 0.869. The Balaban J connectivity index is 1.40. The van der Waals surface area contributed by atoms with E-state index in [0.717, 1.165) is 33.3 Å². The second-order valence-corrected chi connectivity index (χ2v) is 13.9. The number of primary amides is 1. The van der Waals surface area contributed by atoms with E-state index in [1.807, 2.05) is 42.5 Å². The Morgan fingerprint density at radius 3 is 2.19 bits per heavy atom. The van der Waals surface area contributed by atoms with E-state index < -0.39 is 15.9 Å². The van der Waals surface area contributed by atoms with Crippen molar-refractivity contribution in [1.29, 1.82) is 0 Å². The van der Waals surface area contributed by atoms with Gasteiger partial charge in [0, 0.05) is 49.2 Å². The monoisotopic (exact) mass is 596 g/mol. The van der Waals surface area contributed by atoms with Crippen LogP contribution in [0.3, 0.4) is 0 Å². The van der Waals surface area contributed by atoms with Crippen molar-refractivity contribution in [3.8, 4) is 11.3 Å². The predicted molar refractivity (Wildman–Crippen MR) is 171 cm³/mol. The number of carbonyl (C=O) groups is 1. The smallest absolute Gasteiger partial charge is 0.249 e. The molecule has 0 bridgehead atoms. The van der Waals surface area contributed by atoms with Gasteiger partial charge in [-0.2, -0.15) is 4.31 Å². The summed E-state index contributed by atoms with van der Waals surface area (Å²) in [5.41, 5.74) is 11.2. The molecule has 3 aromatic carbocycles. The average molecular weight is 597 g/mol. The van der Waals surface area contributed by atoms with Crippen molar-refractivity contribution in [2.45, 2.75) is 56.4 Å². The molecule has 2 N–H and O–H groups in total. The normalized spacial score (nSPS) is 18.1. The third-order valence-corrected chi connectivity index (χ3v) is 11.3. The third-order valence-electron chi connectivity index (χ3n) is 9.38. The standard InChI is InChI=1S/C35H40N4O3S/c1-25(26-12-5-2-6-13-26)29-18-11-19-31-32(29)33(35(36)40)30(34(37-31)27-14-7-3-8-15-27)24-38-20-22-39(23-21-38)43(41,42)28-16-9-4-10-17-28/h3-4,7-11,14-19,25-26H,2,5-6,12-13,20-24H2,1H3,(H2,36,40)/t25-/m0/s1. The molecule has 2 fully saturated rings. The average Bonchev–Trinajstić information content (AvgIpc) is 3.05. The van der Waals surface area contributed by atoms with Crippen LogP contribution in [0.4, 0.5) is 0 Å². The van der Waals surface area contributed by atoms with Crippen molar-refractivity contribution >= 4 is 26.8 Å². The van der Waals surface area contributed by atoms with Gasteiger partial charge in [-0.15, -0.1) is 0 Å². The Bertz CT molecular complexity index is 1700. The molecule has 2 aliphatic rings. The fourth-order valence-corrected chi connectivity index (χ4v) is 8.44. The van der Waals surface area contributed by atoms with Crippen molar-refractivity contribution in [2.75, 3.05) is 26.2 Å². The molecule has 6 rings (SSSR count). The lowest BCUT2D eigenvalue weighted by Crippen LogP contribution is -2.48. The topological polar surface area (TPSA) is 96.6 Å². The number of hydrogen-bond donors (Lipinski definition) is 1. The Labute approximate surface area is 254 Å². The number of benzene rings is 3. The van der Waals surface area contributed by atoms with E-state index in [9.17, 15) is 13.2 Å². The summed E-state index contributed by atoms with van der Waals surface area (Å²) in [6.07, 6.45) is 6.17. The first-order chi connectivity index (χ1) is 20.8. The van der Waals surface area contributed by atoms with Crippen LogP contribution in [0.2, 0.25) is 0 Å². The van der Waals surface area contributed by atoms with Crippen LogP contribution in [0.1, 0.15) is 66.4 Å². The van der Waals surface area contributed by atoms with E-state index in [1.165, 1.54) is 32.1 Å². The van der Waals surface area contributed by atoms with Gasteiger partial charge in [-0.05, 0) is 48.4 Å². The maximum absolute atomic E-state index is 13.4. The third kappa shape index (κ3) is 5.96. The Morgan fingerprint density at radius 2 is 1.53 bits per heavy atom. The first-order valence-corrected chi connectivity index (χ1v) is 16.9. The molecule has 1 aliphatic carbocycles. The summed E-state index contributed by atoms with van der Waals surface area (Å²) in [6, 6.07) is 24.7. The van der Waals surface area contributed by atoms with E-state index in [2.05, 4.69) is 24.0 Å². The minimum absolute atomic E-state index is 0.283. The maximum Gasteiger partial charge on any atom is 0.249 e. The minimum Gasteiger partial charge on any atom is -0.366 e. The lowest BCUT2D eigenvalue weighted by molar-refractivity contribution is 0.0999. The zero-order chi connectivity index (χ0) is 30.0. The van der Waals surface area contributed by atoms with Crippen LogP contribution >= 0.6 is 0 Å². The SMILES string of the molecule is C[C@H](c1cccc2nc(-c3ccccc3)c(CN3CCN(S(=O)(=O)c4ccccc4)CC3)c(C(N)=O)c12)C1CCCCC1. The fraction of sp³-hybridized carbons (Fsp3) is 0.371. The Morgan fingerprint density at radius 1 is 0.884 bits per heavy atom. The number of hydrogen-bond acceptors (Lipinski definition) is 5. The number of aromatic nitrogens is 1. The second kappa shape index (κ2) is 12.6. The maximum atomic E-state index is 13.4. The van der Waals surface area contributed by atoms with Crippen LogP contribution in [0.15, 0.2) is 83.8 Å². The van der Waals surface area contributed by atoms with Crippen LogP contribution in [0.5, 0.6) is 0 Å². The van der Waals surface area contributed by atoms with E-state index in [0.29, 0.717) is 49.1 Å². The molecule has 0 radical (unpaired) electrons. The number of amides is 1. The highest BCUT2D eigenvalue weighted by Gasteiger charge is 2.31. The van der Waals surface area contributed by atoms with Crippen LogP contribution in [-0.2, 0) is 16.6 Å². The summed E-state index contributed by atoms with van der Waals surface area (Å²) in [5.74, 6) is 0.399. The highest BCUT2D eigenvalue weighted by atomic mass is 32.2. The summed E-state index contributed by atoms with van der Waals surface area (Å²) < 4.78 is 28.0. The number of pyridine rings is 1. The van der Waals surface area contributed by atoms with E-state index in [-0.39, 0.29) is 5.92 Å². The quantitative estimate of drug-likeness (QED) is 0.262. The van der Waals surface area contributed by atoms with Gasteiger partial charge in [-0.25, -0.2) is 13.4 Å². The predicted octanol–water partition coefficient (Wildman–Crippen LogP) is 6.19. The van der Waals surface area contributed by atoms with Crippen molar-refractivity contribution in [2.24, 2.45) is 11.7 Å². The lowest BCUT2D eigenvalue weighted by Gasteiger charge is -2.35. The van der Waals surface area contributed by atoms with Crippen molar-refractivity contribution in [3.63, 3.8) is 0 Å². The molecular weight excluding hydrogens is 556 g/mol. The van der Waals surface area contributed by atoms with Gasteiger partial charge in [0.05, 0.1) is 21.7 Å². The zero-order valence-corrected chi connectivity index (χ0v) is 25.6. The molecule has 1 saturated heterocycles. The van der Waals surface area contributed by atoms with Crippen LogP contribution in [0.25, 0.3) is 22.2 Å². The Hall–Kier alpha value is -3.59.